The van der Waals surface area contributed by atoms with Gasteiger partial charge < -0.3 is 10.2 Å². The highest BCUT2D eigenvalue weighted by molar-refractivity contribution is 5.84. The summed E-state index contributed by atoms with van der Waals surface area (Å²) in [6.45, 7) is 8.74. The van der Waals surface area contributed by atoms with Gasteiger partial charge in [-0.15, -0.1) is 0 Å². The average Bonchev–Trinajstić information content (AvgIpc) is 2.67. The Morgan fingerprint density at radius 1 is 1.39 bits per heavy atom. The summed E-state index contributed by atoms with van der Waals surface area (Å²) in [4.78, 5) is 14.5. The lowest BCUT2D eigenvalue weighted by Gasteiger charge is -2.39. The SMILES string of the molecule is CCCNC1CCN(C2CCCC(C)(C)C2)C1=O. The highest BCUT2D eigenvalue weighted by atomic mass is 16.2. The first-order valence-corrected chi connectivity index (χ1v) is 7.57. The predicted octanol–water partition coefficient (Wildman–Crippen LogP) is 2.56. The number of hydrogen-bond donors (Lipinski definition) is 1. The largest absolute Gasteiger partial charge is 0.338 e. The summed E-state index contributed by atoms with van der Waals surface area (Å²) in [5.41, 5.74) is 0.415. The maximum atomic E-state index is 12.4. The van der Waals surface area contributed by atoms with E-state index < -0.39 is 0 Å². The summed E-state index contributed by atoms with van der Waals surface area (Å²) in [7, 11) is 0. The number of rotatable bonds is 4. The van der Waals surface area contributed by atoms with Crippen molar-refractivity contribution >= 4 is 5.91 Å². The average molecular weight is 252 g/mol. The van der Waals surface area contributed by atoms with E-state index in [1.807, 2.05) is 0 Å². The number of amides is 1. The Bertz CT molecular complexity index is 301. The molecule has 18 heavy (non-hydrogen) atoms. The molecule has 0 aromatic carbocycles. The van der Waals surface area contributed by atoms with Crippen LogP contribution in [-0.4, -0.2) is 36.0 Å². The van der Waals surface area contributed by atoms with Crippen molar-refractivity contribution < 1.29 is 4.79 Å². The maximum Gasteiger partial charge on any atom is 0.240 e. The lowest BCUT2D eigenvalue weighted by Crippen LogP contribution is -2.45. The Balaban J connectivity index is 1.92. The van der Waals surface area contributed by atoms with Crippen molar-refractivity contribution in [1.29, 1.82) is 0 Å². The predicted molar refractivity (Wildman–Crippen MR) is 74.4 cm³/mol. The number of likely N-dealkylation sites (tertiary alicyclic amines) is 1. The van der Waals surface area contributed by atoms with Crippen molar-refractivity contribution in [3.05, 3.63) is 0 Å². The van der Waals surface area contributed by atoms with Crippen LogP contribution in [0, 0.1) is 5.41 Å². The van der Waals surface area contributed by atoms with Crippen LogP contribution in [0.1, 0.15) is 59.3 Å². The molecule has 3 heteroatoms. The molecule has 104 valence electrons. The van der Waals surface area contributed by atoms with Crippen LogP contribution in [0.2, 0.25) is 0 Å². The molecule has 0 aromatic heterocycles. The standard InChI is InChI=1S/C15H28N2O/c1-4-9-16-13-7-10-17(14(13)18)12-6-5-8-15(2,3)11-12/h12-13,16H,4-11H2,1-3H3. The molecule has 1 saturated heterocycles. The highest BCUT2D eigenvalue weighted by Crippen LogP contribution is 2.38. The fraction of sp³-hybridized carbons (Fsp3) is 0.933. The van der Waals surface area contributed by atoms with Gasteiger partial charge in [-0.1, -0.05) is 27.2 Å². The molecule has 2 aliphatic rings. The number of nitrogens with one attached hydrogen (secondary N) is 1. The van der Waals surface area contributed by atoms with Crippen LogP contribution in [-0.2, 0) is 4.79 Å². The third-order valence-corrected chi connectivity index (χ3v) is 4.50. The van der Waals surface area contributed by atoms with Crippen molar-refractivity contribution in [2.75, 3.05) is 13.1 Å². The van der Waals surface area contributed by atoms with Gasteiger partial charge in [-0.2, -0.15) is 0 Å². The second-order valence-electron chi connectivity index (χ2n) is 6.74. The van der Waals surface area contributed by atoms with Gasteiger partial charge in [0.1, 0.15) is 0 Å². The normalized spacial score (nSPS) is 31.9. The highest BCUT2D eigenvalue weighted by Gasteiger charge is 2.39. The molecule has 0 aromatic rings. The summed E-state index contributed by atoms with van der Waals surface area (Å²) in [5, 5.41) is 3.38. The minimum atomic E-state index is 0.0926. The molecule has 3 nitrogen and oxygen atoms in total. The number of nitrogens with zero attached hydrogens (tertiary/aromatic N) is 1. The Morgan fingerprint density at radius 2 is 2.17 bits per heavy atom. The van der Waals surface area contributed by atoms with E-state index in [0.29, 0.717) is 17.4 Å². The third kappa shape index (κ3) is 3.05. The molecule has 0 bridgehead atoms. The summed E-state index contributed by atoms with van der Waals surface area (Å²) >= 11 is 0. The molecule has 0 radical (unpaired) electrons. The molecule has 0 spiro atoms. The fourth-order valence-corrected chi connectivity index (χ4v) is 3.50. The van der Waals surface area contributed by atoms with Gasteiger partial charge in [0.25, 0.3) is 0 Å². The fourth-order valence-electron chi connectivity index (χ4n) is 3.50. The van der Waals surface area contributed by atoms with Crippen LogP contribution < -0.4 is 5.32 Å². The summed E-state index contributed by atoms with van der Waals surface area (Å²) in [5.74, 6) is 0.353. The van der Waals surface area contributed by atoms with Gasteiger partial charge in [0.2, 0.25) is 5.91 Å². The van der Waals surface area contributed by atoms with Crippen LogP contribution in [0.15, 0.2) is 0 Å². The molecule has 1 heterocycles. The Hall–Kier alpha value is -0.570. The lowest BCUT2D eigenvalue weighted by molar-refractivity contribution is -0.132. The first-order chi connectivity index (χ1) is 8.53. The molecule has 1 amide bonds. The van der Waals surface area contributed by atoms with Gasteiger partial charge in [0.15, 0.2) is 0 Å². The van der Waals surface area contributed by atoms with E-state index in [1.54, 1.807) is 0 Å². The maximum absolute atomic E-state index is 12.4. The first-order valence-electron chi connectivity index (χ1n) is 7.57. The van der Waals surface area contributed by atoms with Crippen LogP contribution in [0.4, 0.5) is 0 Å². The van der Waals surface area contributed by atoms with Crippen LogP contribution in [0.3, 0.4) is 0 Å². The monoisotopic (exact) mass is 252 g/mol. The van der Waals surface area contributed by atoms with E-state index in [4.69, 9.17) is 0 Å². The number of carbonyl (C=O) groups excluding carboxylic acids is 1. The number of hydrogen-bond acceptors (Lipinski definition) is 2. The Kier molecular flexibility index (Phi) is 4.31. The second-order valence-corrected chi connectivity index (χ2v) is 6.74. The van der Waals surface area contributed by atoms with Crippen LogP contribution in [0.25, 0.3) is 0 Å². The van der Waals surface area contributed by atoms with Gasteiger partial charge in [0.05, 0.1) is 6.04 Å². The second kappa shape index (κ2) is 5.60. The molecule has 2 unspecified atom stereocenters. The van der Waals surface area contributed by atoms with E-state index in [0.717, 1.165) is 25.9 Å². The van der Waals surface area contributed by atoms with E-state index >= 15 is 0 Å². The van der Waals surface area contributed by atoms with Crippen molar-refractivity contribution in [2.45, 2.75) is 71.4 Å². The molecular formula is C15H28N2O. The minimum Gasteiger partial charge on any atom is -0.338 e. The lowest BCUT2D eigenvalue weighted by atomic mass is 9.75. The molecule has 1 aliphatic carbocycles. The van der Waals surface area contributed by atoms with Crippen molar-refractivity contribution in [2.24, 2.45) is 5.41 Å². The zero-order valence-electron chi connectivity index (χ0n) is 12.2. The van der Waals surface area contributed by atoms with E-state index in [1.165, 1.54) is 25.7 Å². The molecule has 1 aliphatic heterocycles. The Labute approximate surface area is 111 Å². The van der Waals surface area contributed by atoms with E-state index in [2.05, 4.69) is 31.0 Å². The summed E-state index contributed by atoms with van der Waals surface area (Å²) in [6, 6.07) is 0.588. The van der Waals surface area contributed by atoms with Gasteiger partial charge in [-0.05, 0) is 44.1 Å². The molecule has 1 saturated carbocycles. The summed E-state index contributed by atoms with van der Waals surface area (Å²) < 4.78 is 0. The molecule has 2 rings (SSSR count). The van der Waals surface area contributed by atoms with Crippen molar-refractivity contribution in [3.8, 4) is 0 Å². The quantitative estimate of drug-likeness (QED) is 0.834. The molecule has 2 atom stereocenters. The van der Waals surface area contributed by atoms with Crippen molar-refractivity contribution in [3.63, 3.8) is 0 Å². The molecular weight excluding hydrogens is 224 g/mol. The topological polar surface area (TPSA) is 32.3 Å². The summed E-state index contributed by atoms with van der Waals surface area (Å²) in [6.07, 6.45) is 7.06. The first kappa shape index (κ1) is 13.9. The smallest absolute Gasteiger partial charge is 0.240 e. The zero-order chi connectivity index (χ0) is 13.2. The zero-order valence-corrected chi connectivity index (χ0v) is 12.2. The third-order valence-electron chi connectivity index (χ3n) is 4.50. The van der Waals surface area contributed by atoms with Crippen LogP contribution >= 0.6 is 0 Å². The van der Waals surface area contributed by atoms with Gasteiger partial charge >= 0.3 is 0 Å². The number of carbonyl (C=O) groups is 1. The van der Waals surface area contributed by atoms with E-state index in [9.17, 15) is 4.79 Å². The van der Waals surface area contributed by atoms with Crippen LogP contribution in [0.5, 0.6) is 0 Å². The van der Waals surface area contributed by atoms with E-state index in [-0.39, 0.29) is 6.04 Å². The van der Waals surface area contributed by atoms with Gasteiger partial charge in [0, 0.05) is 12.6 Å². The van der Waals surface area contributed by atoms with Gasteiger partial charge in [-0.25, -0.2) is 0 Å². The molecule has 1 N–H and O–H groups in total. The molecule has 2 fully saturated rings. The van der Waals surface area contributed by atoms with Crippen molar-refractivity contribution in [1.82, 2.24) is 10.2 Å². The van der Waals surface area contributed by atoms with Gasteiger partial charge in [-0.3, -0.25) is 4.79 Å². The Morgan fingerprint density at radius 3 is 2.83 bits per heavy atom. The minimum absolute atomic E-state index is 0.0926.